The van der Waals surface area contributed by atoms with Gasteiger partial charge in [-0.3, -0.25) is 9.29 Å². The molecule has 0 aliphatic heterocycles. The van der Waals surface area contributed by atoms with Crippen LogP contribution in [0.5, 0.6) is 0 Å². The van der Waals surface area contributed by atoms with Crippen LogP contribution >= 0.6 is 0 Å². The molecule has 0 atom stereocenters. The third-order valence-electron chi connectivity index (χ3n) is 2.41. The van der Waals surface area contributed by atoms with Gasteiger partial charge in [-0.25, -0.2) is 4.98 Å². The normalized spacial score (nSPS) is 11.2. The highest BCUT2D eigenvalue weighted by atomic mass is 32.2. The summed E-state index contributed by atoms with van der Waals surface area (Å²) in [6.07, 6.45) is 4.58. The number of nitrogens with zero attached hydrogens (tertiary/aromatic N) is 3. The van der Waals surface area contributed by atoms with Gasteiger partial charge in [-0.2, -0.15) is 8.42 Å². The summed E-state index contributed by atoms with van der Waals surface area (Å²) in [6, 6.07) is 8.22. The van der Waals surface area contributed by atoms with Gasteiger partial charge in [0, 0.05) is 18.9 Å². The van der Waals surface area contributed by atoms with Crippen molar-refractivity contribution in [1.82, 2.24) is 9.97 Å². The van der Waals surface area contributed by atoms with Crippen LogP contribution < -0.4 is 4.31 Å². The second-order valence-corrected chi connectivity index (χ2v) is 5.36. The summed E-state index contributed by atoms with van der Waals surface area (Å²) in [5.74, 6) is 0. The van der Waals surface area contributed by atoms with E-state index in [2.05, 4.69) is 9.97 Å². The number of sulfonamides is 1. The molecule has 0 radical (unpaired) electrons. The molecule has 2 rings (SSSR count). The molecule has 0 bridgehead atoms. The van der Waals surface area contributed by atoms with E-state index in [9.17, 15) is 8.42 Å². The lowest BCUT2D eigenvalue weighted by molar-refractivity contribution is 0.588. The smallest absolute Gasteiger partial charge is 0.264 e. The molecule has 0 saturated heterocycles. The van der Waals surface area contributed by atoms with Crippen LogP contribution in [0.25, 0.3) is 0 Å². The van der Waals surface area contributed by atoms with Crippen molar-refractivity contribution >= 4 is 15.7 Å². The van der Waals surface area contributed by atoms with Crippen LogP contribution in [0.1, 0.15) is 6.92 Å². The van der Waals surface area contributed by atoms with E-state index in [1.54, 1.807) is 37.4 Å². The van der Waals surface area contributed by atoms with Crippen LogP contribution in [0, 0.1) is 0 Å². The maximum atomic E-state index is 12.4. The fourth-order valence-corrected chi connectivity index (χ4v) is 3.00. The van der Waals surface area contributed by atoms with Gasteiger partial charge < -0.3 is 0 Å². The summed E-state index contributed by atoms with van der Waals surface area (Å²) in [5, 5.41) is 0.0377. The van der Waals surface area contributed by atoms with E-state index < -0.39 is 10.0 Å². The predicted molar refractivity (Wildman–Crippen MR) is 68.7 cm³/mol. The van der Waals surface area contributed by atoms with Crippen LogP contribution in [0.3, 0.4) is 0 Å². The number of pyridine rings is 2. The van der Waals surface area contributed by atoms with Crippen molar-refractivity contribution in [1.29, 1.82) is 0 Å². The third kappa shape index (κ3) is 2.33. The molecule has 0 spiro atoms. The molecule has 0 unspecified atom stereocenters. The zero-order valence-electron chi connectivity index (χ0n) is 9.89. The summed E-state index contributed by atoms with van der Waals surface area (Å²) in [5.41, 5.74) is 0.533. The molecule has 0 aliphatic rings. The Bertz CT molecular complexity index is 600. The van der Waals surface area contributed by atoms with E-state index in [4.69, 9.17) is 0 Å². The van der Waals surface area contributed by atoms with Crippen molar-refractivity contribution < 1.29 is 8.42 Å². The minimum Gasteiger partial charge on any atom is -0.264 e. The zero-order chi connectivity index (χ0) is 13.0. The van der Waals surface area contributed by atoms with Crippen LogP contribution in [0.15, 0.2) is 53.9 Å². The number of anilines is 1. The fourth-order valence-electron chi connectivity index (χ4n) is 1.61. The minimum atomic E-state index is -3.62. The Morgan fingerprint density at radius 3 is 2.56 bits per heavy atom. The van der Waals surface area contributed by atoms with E-state index in [-0.39, 0.29) is 5.03 Å². The van der Waals surface area contributed by atoms with E-state index >= 15 is 0 Å². The first-order valence-electron chi connectivity index (χ1n) is 5.50. The second-order valence-electron chi connectivity index (χ2n) is 3.55. The topological polar surface area (TPSA) is 63.2 Å². The number of hydrogen-bond acceptors (Lipinski definition) is 4. The molecule has 6 heteroatoms. The lowest BCUT2D eigenvalue weighted by Crippen LogP contribution is -2.31. The molecule has 0 aromatic carbocycles. The second kappa shape index (κ2) is 5.14. The van der Waals surface area contributed by atoms with Gasteiger partial charge >= 0.3 is 0 Å². The highest BCUT2D eigenvalue weighted by molar-refractivity contribution is 7.92. The zero-order valence-corrected chi connectivity index (χ0v) is 10.7. The Morgan fingerprint density at radius 1 is 1.17 bits per heavy atom. The van der Waals surface area contributed by atoms with Crippen molar-refractivity contribution in [3.63, 3.8) is 0 Å². The Balaban J connectivity index is 2.46. The summed E-state index contributed by atoms with van der Waals surface area (Å²) in [6.45, 7) is 2.10. The van der Waals surface area contributed by atoms with Gasteiger partial charge in [-0.05, 0) is 31.2 Å². The lowest BCUT2D eigenvalue weighted by Gasteiger charge is -2.21. The standard InChI is InChI=1S/C12H13N3O2S/c1-2-15(11-6-5-8-13-10-11)18(16,17)12-7-3-4-9-14-12/h3-10H,2H2,1H3. The number of aromatic nitrogens is 2. The molecule has 0 saturated carbocycles. The molecule has 0 aliphatic carbocycles. The van der Waals surface area contributed by atoms with Crippen molar-refractivity contribution in [3.05, 3.63) is 48.9 Å². The van der Waals surface area contributed by atoms with Crippen molar-refractivity contribution in [2.24, 2.45) is 0 Å². The van der Waals surface area contributed by atoms with Crippen molar-refractivity contribution in [2.45, 2.75) is 11.9 Å². The number of rotatable bonds is 4. The summed E-state index contributed by atoms with van der Waals surface area (Å²) in [7, 11) is -3.62. The predicted octanol–water partition coefficient (Wildman–Crippen LogP) is 1.69. The van der Waals surface area contributed by atoms with Gasteiger partial charge in [0.15, 0.2) is 5.03 Å². The molecule has 94 valence electrons. The van der Waals surface area contributed by atoms with E-state index in [1.807, 2.05) is 0 Å². The summed E-state index contributed by atoms with van der Waals surface area (Å²) in [4.78, 5) is 7.83. The molecule has 2 heterocycles. The highest BCUT2D eigenvalue weighted by Gasteiger charge is 2.24. The quantitative estimate of drug-likeness (QED) is 0.842. The SMILES string of the molecule is CCN(c1cccnc1)S(=O)(=O)c1ccccn1. The van der Waals surface area contributed by atoms with Crippen molar-refractivity contribution in [2.75, 3.05) is 10.8 Å². The fraction of sp³-hybridized carbons (Fsp3) is 0.167. The van der Waals surface area contributed by atoms with E-state index in [1.165, 1.54) is 22.8 Å². The first-order valence-corrected chi connectivity index (χ1v) is 6.94. The van der Waals surface area contributed by atoms with Gasteiger partial charge in [-0.15, -0.1) is 0 Å². The Kier molecular flexibility index (Phi) is 3.57. The molecular weight excluding hydrogens is 250 g/mol. The third-order valence-corrected chi connectivity index (χ3v) is 4.23. The van der Waals surface area contributed by atoms with Crippen LogP contribution in [0.4, 0.5) is 5.69 Å². The molecule has 0 fully saturated rings. The van der Waals surface area contributed by atoms with Crippen molar-refractivity contribution in [3.8, 4) is 0 Å². The Morgan fingerprint density at radius 2 is 2.00 bits per heavy atom. The molecule has 0 N–H and O–H groups in total. The van der Waals surface area contributed by atoms with Crippen LogP contribution in [-0.2, 0) is 10.0 Å². The van der Waals surface area contributed by atoms with Crippen LogP contribution in [0.2, 0.25) is 0 Å². The average Bonchev–Trinajstić information content (AvgIpc) is 2.41. The Hall–Kier alpha value is -1.95. The van der Waals surface area contributed by atoms with E-state index in [0.717, 1.165) is 0 Å². The van der Waals surface area contributed by atoms with Gasteiger partial charge in [0.2, 0.25) is 0 Å². The molecule has 18 heavy (non-hydrogen) atoms. The molecule has 2 aromatic heterocycles. The van der Waals surface area contributed by atoms with Gasteiger partial charge in [-0.1, -0.05) is 6.07 Å². The number of hydrogen-bond donors (Lipinski definition) is 0. The highest BCUT2D eigenvalue weighted by Crippen LogP contribution is 2.20. The first-order chi connectivity index (χ1) is 8.66. The Labute approximate surface area is 106 Å². The lowest BCUT2D eigenvalue weighted by atomic mass is 10.4. The maximum Gasteiger partial charge on any atom is 0.281 e. The molecule has 2 aromatic rings. The monoisotopic (exact) mass is 263 g/mol. The van der Waals surface area contributed by atoms with Crippen LogP contribution in [-0.4, -0.2) is 24.9 Å². The van der Waals surface area contributed by atoms with Gasteiger partial charge in [0.25, 0.3) is 10.0 Å². The largest absolute Gasteiger partial charge is 0.281 e. The van der Waals surface area contributed by atoms with E-state index in [0.29, 0.717) is 12.2 Å². The molecule has 5 nitrogen and oxygen atoms in total. The van der Waals surface area contributed by atoms with Gasteiger partial charge in [0.05, 0.1) is 11.9 Å². The summed E-state index contributed by atoms with van der Waals surface area (Å²) < 4.78 is 26.1. The average molecular weight is 263 g/mol. The summed E-state index contributed by atoms with van der Waals surface area (Å²) >= 11 is 0. The maximum absolute atomic E-state index is 12.4. The van der Waals surface area contributed by atoms with Gasteiger partial charge in [0.1, 0.15) is 0 Å². The first kappa shape index (κ1) is 12.5. The minimum absolute atomic E-state index is 0.0377. The molecular formula is C12H13N3O2S. The molecule has 0 amide bonds.